The van der Waals surface area contributed by atoms with Crippen LogP contribution in [0.5, 0.6) is 0 Å². The number of nitrogens with one attached hydrogen (secondary N) is 2. The SMILES string of the molecule is Cc1cc(C(=O)Nc2ccc(N(C)C)cc2)nc(NCc2ccco2)n1. The highest BCUT2D eigenvalue weighted by Crippen LogP contribution is 2.16. The van der Waals surface area contributed by atoms with E-state index in [1.54, 1.807) is 12.3 Å². The van der Waals surface area contributed by atoms with Gasteiger partial charge in [0.2, 0.25) is 5.95 Å². The molecule has 0 aliphatic heterocycles. The number of amides is 1. The standard InChI is InChI=1S/C19H21N5O2/c1-13-11-17(23-19(21-13)20-12-16-5-4-10-26-16)18(25)22-14-6-8-15(9-7-14)24(2)3/h4-11H,12H2,1-3H3,(H,22,25)(H,20,21,23). The summed E-state index contributed by atoms with van der Waals surface area (Å²) < 4.78 is 5.27. The van der Waals surface area contributed by atoms with E-state index in [-0.39, 0.29) is 5.91 Å². The predicted molar refractivity (Wildman–Crippen MR) is 102 cm³/mol. The van der Waals surface area contributed by atoms with E-state index in [0.717, 1.165) is 11.4 Å². The average molecular weight is 351 g/mol. The molecular weight excluding hydrogens is 330 g/mol. The summed E-state index contributed by atoms with van der Waals surface area (Å²) in [5.41, 5.74) is 2.78. The maximum atomic E-state index is 12.5. The van der Waals surface area contributed by atoms with Crippen LogP contribution in [0, 0.1) is 6.92 Å². The van der Waals surface area contributed by atoms with Crippen LogP contribution in [0.15, 0.2) is 53.1 Å². The van der Waals surface area contributed by atoms with Crippen molar-refractivity contribution in [1.29, 1.82) is 0 Å². The molecule has 2 N–H and O–H groups in total. The Hall–Kier alpha value is -3.35. The van der Waals surface area contributed by atoms with Crippen molar-refractivity contribution in [3.8, 4) is 0 Å². The van der Waals surface area contributed by atoms with Crippen LogP contribution in [0.25, 0.3) is 0 Å². The minimum absolute atomic E-state index is 0.283. The monoisotopic (exact) mass is 351 g/mol. The van der Waals surface area contributed by atoms with Gasteiger partial charge in [0.05, 0.1) is 12.8 Å². The predicted octanol–water partition coefficient (Wildman–Crippen LogP) is 3.31. The molecule has 3 rings (SSSR count). The Labute approximate surface area is 152 Å². The minimum atomic E-state index is -0.283. The van der Waals surface area contributed by atoms with E-state index < -0.39 is 0 Å². The van der Waals surface area contributed by atoms with Crippen LogP contribution in [0.3, 0.4) is 0 Å². The fraction of sp³-hybridized carbons (Fsp3) is 0.211. The van der Waals surface area contributed by atoms with Crippen molar-refractivity contribution in [2.45, 2.75) is 13.5 Å². The molecule has 134 valence electrons. The van der Waals surface area contributed by atoms with E-state index in [9.17, 15) is 4.79 Å². The molecule has 0 radical (unpaired) electrons. The number of benzene rings is 1. The molecule has 2 heterocycles. The van der Waals surface area contributed by atoms with Gasteiger partial charge in [-0.25, -0.2) is 9.97 Å². The Morgan fingerprint density at radius 1 is 1.15 bits per heavy atom. The van der Waals surface area contributed by atoms with Crippen LogP contribution in [0.4, 0.5) is 17.3 Å². The highest BCUT2D eigenvalue weighted by Gasteiger charge is 2.11. The second kappa shape index (κ2) is 7.69. The maximum absolute atomic E-state index is 12.5. The first kappa shape index (κ1) is 17.5. The number of carbonyl (C=O) groups is 1. The lowest BCUT2D eigenvalue weighted by atomic mass is 10.2. The van der Waals surface area contributed by atoms with Crippen molar-refractivity contribution in [2.24, 2.45) is 0 Å². The van der Waals surface area contributed by atoms with Gasteiger partial charge in [0.1, 0.15) is 11.5 Å². The summed E-state index contributed by atoms with van der Waals surface area (Å²) in [6, 6.07) is 12.9. The van der Waals surface area contributed by atoms with Gasteiger partial charge in [-0.15, -0.1) is 0 Å². The summed E-state index contributed by atoms with van der Waals surface area (Å²) in [5, 5.41) is 5.92. The summed E-state index contributed by atoms with van der Waals surface area (Å²) in [7, 11) is 3.93. The summed E-state index contributed by atoms with van der Waals surface area (Å²) >= 11 is 0. The summed E-state index contributed by atoms with van der Waals surface area (Å²) in [4.78, 5) is 23.1. The number of hydrogen-bond donors (Lipinski definition) is 2. The fourth-order valence-corrected chi connectivity index (χ4v) is 2.38. The first-order valence-corrected chi connectivity index (χ1v) is 8.22. The van der Waals surface area contributed by atoms with Crippen LogP contribution in [0.2, 0.25) is 0 Å². The van der Waals surface area contributed by atoms with Crippen molar-refractivity contribution in [1.82, 2.24) is 9.97 Å². The van der Waals surface area contributed by atoms with Crippen molar-refractivity contribution in [2.75, 3.05) is 29.6 Å². The van der Waals surface area contributed by atoms with Gasteiger partial charge in [0, 0.05) is 31.2 Å². The first-order valence-electron chi connectivity index (χ1n) is 8.22. The van der Waals surface area contributed by atoms with Crippen molar-refractivity contribution >= 4 is 23.2 Å². The van der Waals surface area contributed by atoms with Crippen LogP contribution in [-0.4, -0.2) is 30.0 Å². The molecule has 0 aliphatic carbocycles. The number of hydrogen-bond acceptors (Lipinski definition) is 6. The van der Waals surface area contributed by atoms with E-state index >= 15 is 0 Å². The number of carbonyl (C=O) groups excluding carboxylic acids is 1. The topological polar surface area (TPSA) is 83.3 Å². The second-order valence-corrected chi connectivity index (χ2v) is 6.05. The molecule has 2 aromatic heterocycles. The van der Waals surface area contributed by atoms with Crippen molar-refractivity contribution in [3.05, 3.63) is 65.9 Å². The van der Waals surface area contributed by atoms with Gasteiger partial charge < -0.3 is 20.0 Å². The van der Waals surface area contributed by atoms with Gasteiger partial charge in [-0.2, -0.15) is 0 Å². The van der Waals surface area contributed by atoms with Crippen molar-refractivity contribution in [3.63, 3.8) is 0 Å². The third-order valence-corrected chi connectivity index (χ3v) is 3.73. The number of aromatic nitrogens is 2. The van der Waals surface area contributed by atoms with Gasteiger partial charge in [-0.1, -0.05) is 0 Å². The molecule has 0 bridgehead atoms. The molecule has 3 aromatic rings. The molecule has 26 heavy (non-hydrogen) atoms. The quantitative estimate of drug-likeness (QED) is 0.709. The number of rotatable bonds is 6. The lowest BCUT2D eigenvalue weighted by molar-refractivity contribution is 0.102. The lowest BCUT2D eigenvalue weighted by Gasteiger charge is -2.13. The molecule has 1 amide bonds. The number of nitrogens with zero attached hydrogens (tertiary/aromatic N) is 3. The molecule has 1 aromatic carbocycles. The van der Waals surface area contributed by atoms with Crippen LogP contribution in [0.1, 0.15) is 21.9 Å². The lowest BCUT2D eigenvalue weighted by Crippen LogP contribution is -2.16. The summed E-state index contributed by atoms with van der Waals surface area (Å²) in [5.74, 6) is 0.866. The van der Waals surface area contributed by atoms with E-state index in [2.05, 4.69) is 20.6 Å². The fourth-order valence-electron chi connectivity index (χ4n) is 2.38. The number of aryl methyl sites for hydroxylation is 1. The third-order valence-electron chi connectivity index (χ3n) is 3.73. The molecule has 0 saturated heterocycles. The molecule has 0 saturated carbocycles. The molecular formula is C19H21N5O2. The largest absolute Gasteiger partial charge is 0.467 e. The number of anilines is 3. The molecule has 0 fully saturated rings. The van der Waals surface area contributed by atoms with Gasteiger partial charge in [0.25, 0.3) is 5.91 Å². The highest BCUT2D eigenvalue weighted by atomic mass is 16.3. The molecule has 0 aliphatic rings. The Balaban J connectivity index is 1.70. The number of furan rings is 1. The van der Waals surface area contributed by atoms with Crippen LogP contribution < -0.4 is 15.5 Å². The third kappa shape index (κ3) is 4.38. The zero-order valence-electron chi connectivity index (χ0n) is 15.0. The molecule has 0 unspecified atom stereocenters. The zero-order chi connectivity index (χ0) is 18.5. The minimum Gasteiger partial charge on any atom is -0.467 e. The van der Waals surface area contributed by atoms with Crippen LogP contribution >= 0.6 is 0 Å². The van der Waals surface area contributed by atoms with Gasteiger partial charge in [-0.3, -0.25) is 4.79 Å². The van der Waals surface area contributed by atoms with Gasteiger partial charge in [-0.05, 0) is 49.4 Å². The Kier molecular flexibility index (Phi) is 5.17. The van der Waals surface area contributed by atoms with E-state index in [0.29, 0.717) is 29.6 Å². The second-order valence-electron chi connectivity index (χ2n) is 6.05. The highest BCUT2D eigenvalue weighted by molar-refractivity contribution is 6.03. The molecule has 0 spiro atoms. The van der Waals surface area contributed by atoms with Gasteiger partial charge >= 0.3 is 0 Å². The average Bonchev–Trinajstić information content (AvgIpc) is 3.13. The Bertz CT molecular complexity index is 873. The van der Waals surface area contributed by atoms with Crippen molar-refractivity contribution < 1.29 is 9.21 Å². The summed E-state index contributed by atoms with van der Waals surface area (Å²) in [6.07, 6.45) is 1.61. The normalized spacial score (nSPS) is 10.4. The first-order chi connectivity index (χ1) is 12.5. The van der Waals surface area contributed by atoms with E-state index in [1.807, 2.05) is 62.3 Å². The maximum Gasteiger partial charge on any atom is 0.274 e. The molecule has 7 nitrogen and oxygen atoms in total. The molecule has 0 atom stereocenters. The Morgan fingerprint density at radius 2 is 1.92 bits per heavy atom. The summed E-state index contributed by atoms with van der Waals surface area (Å²) in [6.45, 7) is 2.27. The van der Waals surface area contributed by atoms with E-state index in [4.69, 9.17) is 4.42 Å². The smallest absolute Gasteiger partial charge is 0.274 e. The van der Waals surface area contributed by atoms with E-state index in [1.165, 1.54) is 0 Å². The van der Waals surface area contributed by atoms with Crippen LogP contribution in [-0.2, 0) is 6.54 Å². The Morgan fingerprint density at radius 3 is 2.58 bits per heavy atom. The zero-order valence-corrected chi connectivity index (χ0v) is 15.0. The van der Waals surface area contributed by atoms with Gasteiger partial charge in [0.15, 0.2) is 0 Å². The molecule has 7 heteroatoms.